The first-order valence-electron chi connectivity index (χ1n) is 14.1. The molecule has 0 bridgehead atoms. The van der Waals surface area contributed by atoms with Crippen molar-refractivity contribution >= 4 is 33.0 Å². The van der Waals surface area contributed by atoms with Gasteiger partial charge < -0.3 is 0 Å². The summed E-state index contributed by atoms with van der Waals surface area (Å²) in [5.74, 6) is 0. The molecule has 0 radical (unpaired) electrons. The SMILES string of the molecule is C=CC[Si](C)(C)C1=C([Si](C)(C)CC=C)[C]([Si](C)(C)CC=C)([Pt]([CH2]C)([CH2]C)[CH2]C)C=C1C[Si](OC)(OC)OC. The summed E-state index contributed by atoms with van der Waals surface area (Å²) in [6, 6.07) is 4.08. The fourth-order valence-corrected chi connectivity index (χ4v) is 48.7. The monoisotopic (exact) mass is 775 g/mol. The summed E-state index contributed by atoms with van der Waals surface area (Å²) in [5, 5.41) is 3.61. The third-order valence-corrected chi connectivity index (χ3v) is 43.8. The van der Waals surface area contributed by atoms with Gasteiger partial charge in [0.1, 0.15) is 0 Å². The molecule has 0 heterocycles. The van der Waals surface area contributed by atoms with Crippen molar-refractivity contribution in [3.63, 3.8) is 0 Å². The Kier molecular flexibility index (Phi) is 13.2. The molecule has 1 rings (SSSR count). The first kappa shape index (κ1) is 36.2. The zero-order valence-corrected chi connectivity index (χ0v) is 33.2. The van der Waals surface area contributed by atoms with Gasteiger partial charge in [0, 0.05) is 0 Å². The minimum absolute atomic E-state index is 0.205. The second-order valence-electron chi connectivity index (χ2n) is 12.2. The number of hydrogen-bond donors (Lipinski definition) is 0. The summed E-state index contributed by atoms with van der Waals surface area (Å²) < 4.78 is 18.5. The van der Waals surface area contributed by atoms with E-state index in [-0.39, 0.29) is 3.43 Å². The molecule has 0 saturated heterocycles. The van der Waals surface area contributed by atoms with Gasteiger partial charge in [-0.15, -0.1) is 0 Å². The van der Waals surface area contributed by atoms with Gasteiger partial charge in [-0.25, -0.2) is 0 Å². The molecule has 38 heavy (non-hydrogen) atoms. The van der Waals surface area contributed by atoms with Crippen LogP contribution in [0, 0.1) is 0 Å². The van der Waals surface area contributed by atoms with E-state index in [4.69, 9.17) is 13.3 Å². The van der Waals surface area contributed by atoms with Crippen molar-refractivity contribution in [1.82, 2.24) is 0 Å². The summed E-state index contributed by atoms with van der Waals surface area (Å²) in [5.41, 5.74) is 1.49. The molecule has 8 heteroatoms. The van der Waals surface area contributed by atoms with Gasteiger partial charge >= 0.3 is 246 Å². The van der Waals surface area contributed by atoms with E-state index in [9.17, 15) is 0 Å². The van der Waals surface area contributed by atoms with Gasteiger partial charge in [-0.2, -0.15) is 0 Å². The Hall–Kier alpha value is 0.136. The molecule has 1 aliphatic carbocycles. The van der Waals surface area contributed by atoms with Gasteiger partial charge in [0.05, 0.1) is 0 Å². The van der Waals surface area contributed by atoms with Gasteiger partial charge in [0.25, 0.3) is 0 Å². The molecule has 1 unspecified atom stereocenters. The van der Waals surface area contributed by atoms with Crippen molar-refractivity contribution in [2.75, 3.05) is 21.3 Å². The number of rotatable bonds is 18. The molecule has 0 aromatic carbocycles. The summed E-state index contributed by atoms with van der Waals surface area (Å²) in [6.07, 6.45) is 9.48. The molecule has 3 nitrogen and oxygen atoms in total. The van der Waals surface area contributed by atoms with Crippen molar-refractivity contribution in [3.8, 4) is 0 Å². The van der Waals surface area contributed by atoms with Crippen LogP contribution in [-0.4, -0.2) is 54.4 Å². The second-order valence-corrected chi connectivity index (χ2v) is 42.9. The Morgan fingerprint density at radius 3 is 1.53 bits per heavy atom. The molecule has 0 N–H and O–H groups in total. The molecule has 1 aliphatic rings. The maximum absolute atomic E-state index is 6.08. The summed E-state index contributed by atoms with van der Waals surface area (Å²) >= 11 is -2.43. The first-order valence-corrected chi connectivity index (χ1v) is 31.6. The molecule has 0 aliphatic heterocycles. The fourth-order valence-electron chi connectivity index (χ4n) is 6.82. The Balaban J connectivity index is 4.61. The third kappa shape index (κ3) is 6.30. The van der Waals surface area contributed by atoms with E-state index in [1.54, 1.807) is 26.5 Å². The first-order chi connectivity index (χ1) is 17.6. The van der Waals surface area contributed by atoms with Crippen molar-refractivity contribution in [2.24, 2.45) is 0 Å². The van der Waals surface area contributed by atoms with Crippen LogP contribution in [0.4, 0.5) is 0 Å². The molecule has 0 aromatic rings. The van der Waals surface area contributed by atoms with E-state index >= 15 is 0 Å². The number of hydrogen-bond acceptors (Lipinski definition) is 3. The topological polar surface area (TPSA) is 27.7 Å². The van der Waals surface area contributed by atoms with Crippen LogP contribution in [0.25, 0.3) is 0 Å². The fraction of sp³-hybridized carbons (Fsp3) is 0.667. The quantitative estimate of drug-likeness (QED) is 0.103. The average Bonchev–Trinajstić information content (AvgIpc) is 3.23. The molecule has 0 aromatic heterocycles. The Bertz CT molecular complexity index is 898. The zero-order chi connectivity index (χ0) is 29.6. The summed E-state index contributed by atoms with van der Waals surface area (Å²) in [4.78, 5) is 4.03. The van der Waals surface area contributed by atoms with Crippen molar-refractivity contribution in [2.45, 2.75) is 102 Å². The van der Waals surface area contributed by atoms with Crippen LogP contribution < -0.4 is 0 Å². The summed E-state index contributed by atoms with van der Waals surface area (Å²) in [7, 11) is -3.28. The van der Waals surface area contributed by atoms with E-state index in [0.29, 0.717) is 0 Å². The Labute approximate surface area is 244 Å². The van der Waals surface area contributed by atoms with Crippen LogP contribution in [0.5, 0.6) is 0 Å². The molecular weight excluding hydrogens is 716 g/mol. The molecular formula is C30H60O3PtSi4. The molecule has 0 saturated carbocycles. The van der Waals surface area contributed by atoms with Gasteiger partial charge in [0.2, 0.25) is 0 Å². The molecule has 0 amide bonds. The van der Waals surface area contributed by atoms with Crippen LogP contribution in [0.1, 0.15) is 20.8 Å². The van der Waals surface area contributed by atoms with Crippen molar-refractivity contribution in [1.29, 1.82) is 0 Å². The van der Waals surface area contributed by atoms with Crippen LogP contribution in [0.2, 0.25) is 81.3 Å². The molecule has 0 spiro atoms. The van der Waals surface area contributed by atoms with E-state index in [1.807, 2.05) is 5.20 Å². The molecule has 0 fully saturated rings. The Morgan fingerprint density at radius 2 is 1.16 bits per heavy atom. The van der Waals surface area contributed by atoms with Crippen LogP contribution in [0.15, 0.2) is 60.0 Å². The maximum atomic E-state index is 6.08. The van der Waals surface area contributed by atoms with Crippen LogP contribution in [0.3, 0.4) is 0 Å². The average molecular weight is 776 g/mol. The van der Waals surface area contributed by atoms with E-state index < -0.39 is 49.1 Å². The van der Waals surface area contributed by atoms with Gasteiger partial charge in [-0.3, -0.25) is 0 Å². The second kappa shape index (κ2) is 13.9. The van der Waals surface area contributed by atoms with E-state index in [2.05, 4.69) is 104 Å². The predicted molar refractivity (Wildman–Crippen MR) is 178 cm³/mol. The normalized spacial score (nSPS) is 19.9. The standard InChI is InChI=1S/C24H45O3Si4.3C2H5.Pt/c1-13-16-28(7,8)22-19-21(20-31(25-4,26-5)27-6)23(29(9,10)17-14-2)24(22)30(11,12)18-15-3;3*1-2;/h13-15,19H,1-3,16-18,20H2,4-12H3;3*1H2,2H3;. The van der Waals surface area contributed by atoms with Gasteiger partial charge in [-0.05, 0) is 0 Å². The Morgan fingerprint density at radius 1 is 0.737 bits per heavy atom. The van der Waals surface area contributed by atoms with E-state index in [1.165, 1.54) is 20.0 Å². The van der Waals surface area contributed by atoms with Crippen LogP contribution in [-0.2, 0) is 29.3 Å². The van der Waals surface area contributed by atoms with Crippen LogP contribution >= 0.6 is 0 Å². The zero-order valence-electron chi connectivity index (χ0n) is 26.9. The minimum atomic E-state index is -2.86. The van der Waals surface area contributed by atoms with Crippen molar-refractivity contribution in [3.05, 3.63) is 60.0 Å². The number of allylic oxidation sites excluding steroid dienone is 7. The third-order valence-electron chi connectivity index (χ3n) is 8.70. The van der Waals surface area contributed by atoms with Crippen molar-refractivity contribution < 1.29 is 29.3 Å². The van der Waals surface area contributed by atoms with E-state index in [0.717, 1.165) is 24.2 Å². The predicted octanol–water partition coefficient (Wildman–Crippen LogP) is 10.0. The van der Waals surface area contributed by atoms with Gasteiger partial charge in [0.15, 0.2) is 0 Å². The summed E-state index contributed by atoms with van der Waals surface area (Å²) in [6.45, 7) is 36.1. The van der Waals surface area contributed by atoms with Gasteiger partial charge in [-0.1, -0.05) is 0 Å². The molecule has 224 valence electrons. The molecule has 1 atom stereocenters.